The Morgan fingerprint density at radius 3 is 2.40 bits per heavy atom. The molecule has 2 aromatic carbocycles. The zero-order chi connectivity index (χ0) is 23.8. The number of hydrogen-bond acceptors (Lipinski definition) is 2. The predicted molar refractivity (Wildman–Crippen MR) is 148 cm³/mol. The molecule has 2 fully saturated rings. The second-order valence-electron chi connectivity index (χ2n) is 10.5. The fourth-order valence-corrected chi connectivity index (χ4v) is 6.24. The summed E-state index contributed by atoms with van der Waals surface area (Å²) in [6.45, 7) is 7.59. The van der Waals surface area contributed by atoms with Crippen LogP contribution in [-0.4, -0.2) is 40.0 Å². The molecule has 186 valence electrons. The summed E-state index contributed by atoms with van der Waals surface area (Å²) in [5, 5.41) is 4.52. The van der Waals surface area contributed by atoms with E-state index >= 15 is 0 Å². The lowest BCUT2D eigenvalue weighted by molar-refractivity contribution is 0.0851. The summed E-state index contributed by atoms with van der Waals surface area (Å²) in [6.07, 6.45) is 8.11. The Kier molecular flexibility index (Phi) is 7.73. The van der Waals surface area contributed by atoms with Crippen LogP contribution in [0.3, 0.4) is 0 Å². The van der Waals surface area contributed by atoms with Crippen molar-refractivity contribution < 1.29 is 4.79 Å². The standard InChI is InChI=1S/C30H37N3O.ClH/c1-20(2)9-8-16-33-24-13-14-25(33)19-23(18-24)31-30(34)28-26-17-21(3)12-15-27(26)32(4)29(28)22-10-6-5-7-11-22;/h5-7,9-12,15,17,23-25H,8,13-14,16,18-19H2,1-4H3,(H,31,34);1H. The van der Waals surface area contributed by atoms with E-state index in [0.717, 1.165) is 53.5 Å². The average molecular weight is 492 g/mol. The molecule has 2 aliphatic rings. The molecule has 5 heteroatoms. The highest BCUT2D eigenvalue weighted by Crippen LogP contribution is 2.37. The van der Waals surface area contributed by atoms with Crippen molar-refractivity contribution in [1.82, 2.24) is 14.8 Å². The van der Waals surface area contributed by atoms with Gasteiger partial charge in [-0.15, -0.1) is 12.4 Å². The lowest BCUT2D eigenvalue weighted by Crippen LogP contribution is -2.50. The molecule has 1 amide bonds. The van der Waals surface area contributed by atoms with Crippen LogP contribution in [0.25, 0.3) is 22.2 Å². The molecular formula is C30H38ClN3O. The first-order chi connectivity index (χ1) is 16.4. The number of carbonyl (C=O) groups excluding carboxylic acids is 1. The molecule has 2 aliphatic heterocycles. The van der Waals surface area contributed by atoms with Gasteiger partial charge in [-0.05, 0) is 70.6 Å². The van der Waals surface area contributed by atoms with E-state index in [-0.39, 0.29) is 24.4 Å². The van der Waals surface area contributed by atoms with Crippen molar-refractivity contribution in [1.29, 1.82) is 0 Å². The van der Waals surface area contributed by atoms with E-state index in [9.17, 15) is 4.79 Å². The summed E-state index contributed by atoms with van der Waals surface area (Å²) < 4.78 is 2.18. The number of carbonyl (C=O) groups is 1. The number of aryl methyl sites for hydroxylation is 2. The van der Waals surface area contributed by atoms with Crippen LogP contribution in [-0.2, 0) is 7.05 Å². The van der Waals surface area contributed by atoms with E-state index in [2.05, 4.69) is 79.0 Å². The van der Waals surface area contributed by atoms with Gasteiger partial charge in [-0.2, -0.15) is 0 Å². The molecule has 4 nitrogen and oxygen atoms in total. The van der Waals surface area contributed by atoms with Gasteiger partial charge in [0.2, 0.25) is 0 Å². The quantitative estimate of drug-likeness (QED) is 0.391. The predicted octanol–water partition coefficient (Wildman–Crippen LogP) is 6.66. The van der Waals surface area contributed by atoms with Crippen molar-refractivity contribution in [3.05, 3.63) is 71.3 Å². The third-order valence-electron chi connectivity index (χ3n) is 7.79. The highest BCUT2D eigenvalue weighted by atomic mass is 35.5. The van der Waals surface area contributed by atoms with Crippen molar-refractivity contribution in [3.8, 4) is 11.3 Å². The van der Waals surface area contributed by atoms with Crippen molar-refractivity contribution >= 4 is 29.2 Å². The van der Waals surface area contributed by atoms with Gasteiger partial charge in [-0.1, -0.05) is 53.6 Å². The van der Waals surface area contributed by atoms with Gasteiger partial charge in [0.1, 0.15) is 0 Å². The minimum atomic E-state index is 0. The maximum Gasteiger partial charge on any atom is 0.254 e. The van der Waals surface area contributed by atoms with E-state index < -0.39 is 0 Å². The van der Waals surface area contributed by atoms with Gasteiger partial charge in [0.15, 0.2) is 0 Å². The Balaban J connectivity index is 0.00000289. The summed E-state index contributed by atoms with van der Waals surface area (Å²) in [7, 11) is 2.07. The molecule has 3 aromatic rings. The smallest absolute Gasteiger partial charge is 0.254 e. The Morgan fingerprint density at radius 2 is 1.74 bits per heavy atom. The normalized spacial score (nSPS) is 21.5. The molecule has 2 unspecified atom stereocenters. The highest BCUT2D eigenvalue weighted by Gasteiger charge is 2.41. The monoisotopic (exact) mass is 491 g/mol. The number of piperidine rings is 1. The van der Waals surface area contributed by atoms with Crippen LogP contribution in [0, 0.1) is 6.92 Å². The van der Waals surface area contributed by atoms with E-state index in [0.29, 0.717) is 12.1 Å². The lowest BCUT2D eigenvalue weighted by atomic mass is 9.96. The molecule has 2 bridgehead atoms. The number of halogens is 1. The summed E-state index contributed by atoms with van der Waals surface area (Å²) >= 11 is 0. The number of nitrogens with one attached hydrogen (secondary N) is 1. The molecule has 0 aliphatic carbocycles. The topological polar surface area (TPSA) is 37.3 Å². The van der Waals surface area contributed by atoms with Crippen LogP contribution in [0.2, 0.25) is 0 Å². The number of benzene rings is 2. The zero-order valence-electron chi connectivity index (χ0n) is 21.4. The van der Waals surface area contributed by atoms with Crippen LogP contribution in [0.5, 0.6) is 0 Å². The molecule has 0 radical (unpaired) electrons. The lowest BCUT2D eigenvalue weighted by Gasteiger charge is -2.39. The SMILES string of the molecule is CC(C)=CCCN1C2CCC1CC(NC(=O)c1c(-c3ccccc3)n(C)c3ccc(C)cc13)C2.Cl. The van der Waals surface area contributed by atoms with E-state index in [4.69, 9.17) is 0 Å². The number of fused-ring (bicyclic) bond motifs is 3. The van der Waals surface area contributed by atoms with Gasteiger partial charge in [0.05, 0.1) is 11.3 Å². The Bertz CT molecular complexity index is 1210. The number of amides is 1. The minimum absolute atomic E-state index is 0. The molecule has 1 aromatic heterocycles. The van der Waals surface area contributed by atoms with Crippen molar-refractivity contribution in [2.24, 2.45) is 7.05 Å². The Hall–Kier alpha value is -2.56. The van der Waals surface area contributed by atoms with Gasteiger partial charge in [0, 0.05) is 42.6 Å². The highest BCUT2D eigenvalue weighted by molar-refractivity contribution is 6.13. The van der Waals surface area contributed by atoms with Gasteiger partial charge < -0.3 is 9.88 Å². The molecular weight excluding hydrogens is 454 g/mol. The first-order valence-corrected chi connectivity index (χ1v) is 12.8. The summed E-state index contributed by atoms with van der Waals surface area (Å²) in [4.78, 5) is 16.6. The Labute approximate surface area is 215 Å². The van der Waals surface area contributed by atoms with E-state index in [1.165, 1.54) is 24.0 Å². The molecule has 35 heavy (non-hydrogen) atoms. The van der Waals surface area contributed by atoms with Crippen molar-refractivity contribution in [2.75, 3.05) is 6.54 Å². The molecule has 0 saturated carbocycles. The van der Waals surface area contributed by atoms with Crippen LogP contribution in [0.15, 0.2) is 60.2 Å². The molecule has 5 rings (SSSR count). The Morgan fingerprint density at radius 1 is 1.06 bits per heavy atom. The minimum Gasteiger partial charge on any atom is -0.349 e. The molecule has 0 spiro atoms. The second kappa shape index (κ2) is 10.6. The molecule has 3 heterocycles. The third kappa shape index (κ3) is 5.05. The number of hydrogen-bond donors (Lipinski definition) is 1. The van der Waals surface area contributed by atoms with E-state index in [1.54, 1.807) is 0 Å². The van der Waals surface area contributed by atoms with Crippen molar-refractivity contribution in [3.63, 3.8) is 0 Å². The van der Waals surface area contributed by atoms with Gasteiger partial charge in [-0.3, -0.25) is 9.69 Å². The zero-order valence-corrected chi connectivity index (χ0v) is 22.2. The summed E-state index contributed by atoms with van der Waals surface area (Å²) in [6, 6.07) is 18.2. The number of aromatic nitrogens is 1. The molecule has 2 saturated heterocycles. The molecule has 1 N–H and O–H groups in total. The maximum atomic E-state index is 13.9. The number of allylic oxidation sites excluding steroid dienone is 1. The van der Waals surface area contributed by atoms with Crippen LogP contribution in [0.1, 0.15) is 61.9 Å². The molecule has 2 atom stereocenters. The number of rotatable bonds is 6. The van der Waals surface area contributed by atoms with Gasteiger partial charge in [0.25, 0.3) is 5.91 Å². The summed E-state index contributed by atoms with van der Waals surface area (Å²) in [5.41, 5.74) is 6.57. The fourth-order valence-electron chi connectivity index (χ4n) is 6.24. The van der Waals surface area contributed by atoms with Crippen LogP contribution in [0.4, 0.5) is 0 Å². The summed E-state index contributed by atoms with van der Waals surface area (Å²) in [5.74, 6) is 0.0671. The van der Waals surface area contributed by atoms with E-state index in [1.807, 2.05) is 18.2 Å². The first kappa shape index (κ1) is 25.5. The maximum absolute atomic E-state index is 13.9. The van der Waals surface area contributed by atoms with Crippen LogP contribution >= 0.6 is 12.4 Å². The first-order valence-electron chi connectivity index (χ1n) is 12.8. The third-order valence-corrected chi connectivity index (χ3v) is 7.79. The number of nitrogens with zero attached hydrogens (tertiary/aromatic N) is 2. The second-order valence-corrected chi connectivity index (χ2v) is 10.5. The largest absolute Gasteiger partial charge is 0.349 e. The average Bonchev–Trinajstić information content (AvgIpc) is 3.22. The van der Waals surface area contributed by atoms with Crippen LogP contribution < -0.4 is 5.32 Å². The van der Waals surface area contributed by atoms with Crippen molar-refractivity contribution in [2.45, 2.75) is 71.0 Å². The van der Waals surface area contributed by atoms with Gasteiger partial charge in [-0.25, -0.2) is 0 Å². The fraction of sp³-hybridized carbons (Fsp3) is 0.433. The van der Waals surface area contributed by atoms with Gasteiger partial charge >= 0.3 is 0 Å².